The zero-order valence-corrected chi connectivity index (χ0v) is 17.1. The van der Waals surface area contributed by atoms with Crippen LogP contribution < -0.4 is 15.4 Å². The third kappa shape index (κ3) is 6.61. The predicted octanol–water partition coefficient (Wildman–Crippen LogP) is 4.32. The molecule has 0 saturated carbocycles. The minimum Gasteiger partial charge on any atom is -0.496 e. The number of aryl methyl sites for hydroxylation is 1. The van der Waals surface area contributed by atoms with Crippen molar-refractivity contribution in [2.75, 3.05) is 19.0 Å². The van der Waals surface area contributed by atoms with Gasteiger partial charge in [-0.2, -0.15) is 0 Å². The van der Waals surface area contributed by atoms with Crippen molar-refractivity contribution < 1.29 is 19.1 Å². The van der Waals surface area contributed by atoms with E-state index in [9.17, 15) is 9.59 Å². The van der Waals surface area contributed by atoms with Crippen LogP contribution in [0.3, 0.4) is 0 Å². The normalized spacial score (nSPS) is 10.9. The third-order valence-corrected chi connectivity index (χ3v) is 3.91. The quantitative estimate of drug-likeness (QED) is 0.777. The van der Waals surface area contributed by atoms with Crippen molar-refractivity contribution in [3.8, 4) is 5.75 Å². The van der Waals surface area contributed by atoms with E-state index in [4.69, 9.17) is 9.47 Å². The summed E-state index contributed by atoms with van der Waals surface area (Å²) in [6, 6.07) is 12.6. The molecule has 0 aliphatic heterocycles. The second-order valence-corrected chi connectivity index (χ2v) is 7.53. The van der Waals surface area contributed by atoms with Crippen molar-refractivity contribution in [1.29, 1.82) is 0 Å². The van der Waals surface area contributed by atoms with Crippen LogP contribution in [0.4, 0.5) is 10.5 Å². The fourth-order valence-electron chi connectivity index (χ4n) is 2.64. The summed E-state index contributed by atoms with van der Waals surface area (Å²) in [5.41, 5.74) is 2.72. The molecule has 0 spiro atoms. The van der Waals surface area contributed by atoms with E-state index in [1.54, 1.807) is 52.1 Å². The number of benzene rings is 2. The first-order valence-corrected chi connectivity index (χ1v) is 9.20. The fraction of sp³-hybridized carbons (Fsp3) is 0.364. The summed E-state index contributed by atoms with van der Waals surface area (Å²) in [5.74, 6) is 0.646. The SMILES string of the molecule is COc1ccc(C)cc1CCNC(=O)c1ccc(NC(=O)OC(C)(C)C)cc1. The van der Waals surface area contributed by atoms with Gasteiger partial charge in [-0.1, -0.05) is 17.7 Å². The van der Waals surface area contributed by atoms with Gasteiger partial charge in [0.2, 0.25) is 0 Å². The van der Waals surface area contributed by atoms with Gasteiger partial charge in [-0.25, -0.2) is 4.79 Å². The molecule has 0 aliphatic rings. The molecule has 2 amide bonds. The molecule has 2 rings (SSSR count). The standard InChI is InChI=1S/C22H28N2O4/c1-15-6-11-19(27-5)17(14-15)12-13-23-20(25)16-7-9-18(10-8-16)24-21(26)28-22(2,3)4/h6-11,14H,12-13H2,1-5H3,(H,23,25)(H,24,26). The second-order valence-electron chi connectivity index (χ2n) is 7.53. The average Bonchev–Trinajstić information content (AvgIpc) is 2.61. The Morgan fingerprint density at radius 3 is 2.32 bits per heavy atom. The van der Waals surface area contributed by atoms with Gasteiger partial charge < -0.3 is 14.8 Å². The zero-order chi connectivity index (χ0) is 20.7. The first kappa shape index (κ1) is 21.3. The van der Waals surface area contributed by atoms with Crippen molar-refractivity contribution >= 4 is 17.7 Å². The number of carbonyl (C=O) groups is 2. The second kappa shape index (κ2) is 9.26. The first-order valence-electron chi connectivity index (χ1n) is 9.20. The van der Waals surface area contributed by atoms with Crippen LogP contribution in [0.25, 0.3) is 0 Å². The summed E-state index contributed by atoms with van der Waals surface area (Å²) in [4.78, 5) is 24.1. The number of amides is 2. The summed E-state index contributed by atoms with van der Waals surface area (Å²) in [5, 5.41) is 5.54. The zero-order valence-electron chi connectivity index (χ0n) is 17.1. The Balaban J connectivity index is 1.88. The lowest BCUT2D eigenvalue weighted by molar-refractivity contribution is 0.0635. The fourth-order valence-corrected chi connectivity index (χ4v) is 2.64. The van der Waals surface area contributed by atoms with E-state index in [2.05, 4.69) is 16.7 Å². The maximum Gasteiger partial charge on any atom is 0.412 e. The van der Waals surface area contributed by atoms with E-state index in [0.717, 1.165) is 16.9 Å². The molecule has 0 saturated heterocycles. The van der Waals surface area contributed by atoms with Crippen LogP contribution in [0.5, 0.6) is 5.75 Å². The predicted molar refractivity (Wildman–Crippen MR) is 110 cm³/mol. The van der Waals surface area contributed by atoms with E-state index >= 15 is 0 Å². The monoisotopic (exact) mass is 384 g/mol. The Kier molecular flexibility index (Phi) is 7.04. The van der Waals surface area contributed by atoms with Crippen molar-refractivity contribution in [2.45, 2.75) is 39.7 Å². The molecule has 0 bridgehead atoms. The summed E-state index contributed by atoms with van der Waals surface area (Å²) >= 11 is 0. The lowest BCUT2D eigenvalue weighted by atomic mass is 10.1. The minimum absolute atomic E-state index is 0.171. The number of carbonyl (C=O) groups excluding carboxylic acids is 2. The largest absolute Gasteiger partial charge is 0.496 e. The van der Waals surface area contributed by atoms with Gasteiger partial charge in [0.1, 0.15) is 11.4 Å². The van der Waals surface area contributed by atoms with Crippen molar-refractivity contribution in [1.82, 2.24) is 5.32 Å². The molecule has 0 atom stereocenters. The Morgan fingerprint density at radius 2 is 1.71 bits per heavy atom. The van der Waals surface area contributed by atoms with Crippen molar-refractivity contribution in [3.05, 3.63) is 59.2 Å². The van der Waals surface area contributed by atoms with Crippen LogP contribution in [0.2, 0.25) is 0 Å². The average molecular weight is 384 g/mol. The Morgan fingerprint density at radius 1 is 1.04 bits per heavy atom. The van der Waals surface area contributed by atoms with Gasteiger partial charge in [-0.3, -0.25) is 10.1 Å². The first-order chi connectivity index (χ1) is 13.2. The molecule has 150 valence electrons. The highest BCUT2D eigenvalue weighted by molar-refractivity contribution is 5.95. The summed E-state index contributed by atoms with van der Waals surface area (Å²) in [7, 11) is 1.64. The number of ether oxygens (including phenoxy) is 2. The molecular weight excluding hydrogens is 356 g/mol. The summed E-state index contributed by atoms with van der Waals surface area (Å²) < 4.78 is 10.6. The van der Waals surface area contributed by atoms with Gasteiger partial charge in [0.05, 0.1) is 7.11 Å². The smallest absolute Gasteiger partial charge is 0.412 e. The summed E-state index contributed by atoms with van der Waals surface area (Å²) in [6.07, 6.45) is 0.145. The molecule has 28 heavy (non-hydrogen) atoms. The van der Waals surface area contributed by atoms with Gasteiger partial charge in [0.25, 0.3) is 5.91 Å². The molecule has 0 heterocycles. The van der Waals surface area contributed by atoms with Gasteiger partial charge in [0.15, 0.2) is 0 Å². The van der Waals surface area contributed by atoms with Crippen LogP contribution >= 0.6 is 0 Å². The molecule has 2 aromatic rings. The Hall–Kier alpha value is -3.02. The van der Waals surface area contributed by atoms with Gasteiger partial charge in [-0.15, -0.1) is 0 Å². The van der Waals surface area contributed by atoms with Gasteiger partial charge in [0, 0.05) is 17.8 Å². The highest BCUT2D eigenvalue weighted by Gasteiger charge is 2.16. The number of rotatable bonds is 6. The number of nitrogens with one attached hydrogen (secondary N) is 2. The molecule has 0 fully saturated rings. The maximum absolute atomic E-state index is 12.3. The van der Waals surface area contributed by atoms with Gasteiger partial charge >= 0.3 is 6.09 Å². The molecular formula is C22H28N2O4. The van der Waals surface area contributed by atoms with Crippen LogP contribution in [0.1, 0.15) is 42.3 Å². The molecule has 0 aromatic heterocycles. The molecule has 0 radical (unpaired) electrons. The van der Waals surface area contributed by atoms with Crippen molar-refractivity contribution in [3.63, 3.8) is 0 Å². The third-order valence-electron chi connectivity index (χ3n) is 3.91. The Labute approximate surface area is 166 Å². The van der Waals surface area contributed by atoms with Crippen LogP contribution in [-0.2, 0) is 11.2 Å². The van der Waals surface area contributed by atoms with E-state index in [-0.39, 0.29) is 5.91 Å². The molecule has 0 unspecified atom stereocenters. The number of methoxy groups -OCH3 is 1. The van der Waals surface area contributed by atoms with E-state index < -0.39 is 11.7 Å². The van der Waals surface area contributed by atoms with E-state index in [1.165, 1.54) is 0 Å². The molecule has 2 N–H and O–H groups in total. The highest BCUT2D eigenvalue weighted by atomic mass is 16.6. The van der Waals surface area contributed by atoms with Crippen LogP contribution in [0.15, 0.2) is 42.5 Å². The van der Waals surface area contributed by atoms with Crippen molar-refractivity contribution in [2.24, 2.45) is 0 Å². The topological polar surface area (TPSA) is 76.7 Å². The molecule has 6 nitrogen and oxygen atoms in total. The van der Waals surface area contributed by atoms with E-state index in [1.807, 2.05) is 19.1 Å². The van der Waals surface area contributed by atoms with Gasteiger partial charge in [-0.05, 0) is 70.0 Å². The molecule has 2 aromatic carbocycles. The van der Waals surface area contributed by atoms with Crippen LogP contribution in [-0.4, -0.2) is 31.3 Å². The number of hydrogen-bond donors (Lipinski definition) is 2. The lowest BCUT2D eigenvalue weighted by Gasteiger charge is -2.19. The molecule has 0 aliphatic carbocycles. The minimum atomic E-state index is -0.566. The number of hydrogen-bond acceptors (Lipinski definition) is 4. The Bertz CT molecular complexity index is 823. The van der Waals surface area contributed by atoms with Crippen LogP contribution in [0, 0.1) is 6.92 Å². The highest BCUT2D eigenvalue weighted by Crippen LogP contribution is 2.20. The summed E-state index contributed by atoms with van der Waals surface area (Å²) in [6.45, 7) is 7.91. The van der Waals surface area contributed by atoms with E-state index in [0.29, 0.717) is 24.2 Å². The maximum atomic E-state index is 12.3. The lowest BCUT2D eigenvalue weighted by Crippen LogP contribution is -2.27. The number of anilines is 1. The molecule has 6 heteroatoms.